The quantitative estimate of drug-likeness (QED) is 0.527. The lowest BCUT2D eigenvalue weighted by Gasteiger charge is -2.32. The summed E-state index contributed by atoms with van der Waals surface area (Å²) in [7, 11) is 2.18. The highest BCUT2D eigenvalue weighted by Gasteiger charge is 2.13. The van der Waals surface area contributed by atoms with Crippen LogP contribution in [0.3, 0.4) is 0 Å². The molecular weight excluding hydrogens is 342 g/mol. The van der Waals surface area contributed by atoms with Gasteiger partial charge in [0, 0.05) is 38.3 Å². The van der Waals surface area contributed by atoms with E-state index in [-0.39, 0.29) is 10.6 Å². The molecule has 6 nitrogen and oxygen atoms in total. The minimum absolute atomic E-state index is 0.100. The predicted octanol–water partition coefficient (Wildman–Crippen LogP) is 3.35. The van der Waals surface area contributed by atoms with Crippen LogP contribution in [0.25, 0.3) is 0 Å². The smallest absolute Gasteiger partial charge is 0.269 e. The van der Waals surface area contributed by atoms with Crippen molar-refractivity contribution in [1.29, 1.82) is 0 Å². The molecule has 2 aromatic rings. The van der Waals surface area contributed by atoms with Gasteiger partial charge in [-0.2, -0.15) is 0 Å². The molecule has 0 aliphatic carbocycles. The zero-order valence-electron chi connectivity index (χ0n) is 15.8. The normalized spacial score (nSPS) is 15.6. The fourth-order valence-corrected chi connectivity index (χ4v) is 3.29. The van der Waals surface area contributed by atoms with Gasteiger partial charge in [0.05, 0.1) is 4.92 Å². The lowest BCUT2D eigenvalue weighted by Crippen LogP contribution is -2.44. The van der Waals surface area contributed by atoms with E-state index >= 15 is 0 Å². The molecule has 1 aliphatic rings. The van der Waals surface area contributed by atoms with E-state index in [2.05, 4.69) is 22.9 Å². The van der Waals surface area contributed by atoms with Crippen LogP contribution in [0.15, 0.2) is 48.5 Å². The van der Waals surface area contributed by atoms with Gasteiger partial charge < -0.3 is 14.5 Å². The first kappa shape index (κ1) is 19.3. The molecule has 1 heterocycles. The zero-order valence-corrected chi connectivity index (χ0v) is 15.8. The molecule has 0 amide bonds. The number of nitro groups is 1. The molecule has 27 heavy (non-hydrogen) atoms. The van der Waals surface area contributed by atoms with E-state index in [1.807, 2.05) is 18.2 Å². The molecule has 0 atom stereocenters. The van der Waals surface area contributed by atoms with Crippen molar-refractivity contribution in [2.75, 3.05) is 39.8 Å². The molecule has 0 radical (unpaired) electrons. The standard InChI is InChI=1S/C21H27N3O3/c1-22-13-15-23(16-14-22)12-4-6-19-5-2-3-7-21(19)27-17-18-8-10-20(11-9-18)24(25)26/h2-3,5,7-11H,4,6,12-17H2,1H3. The van der Waals surface area contributed by atoms with Crippen molar-refractivity contribution in [1.82, 2.24) is 9.80 Å². The highest BCUT2D eigenvalue weighted by Crippen LogP contribution is 2.22. The summed E-state index contributed by atoms with van der Waals surface area (Å²) in [6, 6.07) is 14.7. The summed E-state index contributed by atoms with van der Waals surface area (Å²) < 4.78 is 5.99. The van der Waals surface area contributed by atoms with Gasteiger partial charge in [0.1, 0.15) is 12.4 Å². The number of para-hydroxylation sites is 1. The highest BCUT2D eigenvalue weighted by molar-refractivity contribution is 5.35. The third kappa shape index (κ3) is 5.77. The average Bonchev–Trinajstić information content (AvgIpc) is 2.69. The van der Waals surface area contributed by atoms with Crippen LogP contribution >= 0.6 is 0 Å². The number of hydrogen-bond acceptors (Lipinski definition) is 5. The summed E-state index contributed by atoms with van der Waals surface area (Å²) in [5, 5.41) is 10.7. The Bertz CT molecular complexity index is 741. The molecular formula is C21H27N3O3. The molecule has 144 valence electrons. The molecule has 1 saturated heterocycles. The lowest BCUT2D eigenvalue weighted by molar-refractivity contribution is -0.384. The molecule has 0 bridgehead atoms. The van der Waals surface area contributed by atoms with Crippen molar-refractivity contribution in [2.24, 2.45) is 0 Å². The second kappa shape index (κ2) is 9.48. The maximum absolute atomic E-state index is 10.7. The van der Waals surface area contributed by atoms with Crippen molar-refractivity contribution in [2.45, 2.75) is 19.4 Å². The van der Waals surface area contributed by atoms with Crippen molar-refractivity contribution in [3.8, 4) is 5.75 Å². The molecule has 2 aromatic carbocycles. The van der Waals surface area contributed by atoms with Gasteiger partial charge in [-0.15, -0.1) is 0 Å². The highest BCUT2D eigenvalue weighted by atomic mass is 16.6. The summed E-state index contributed by atoms with van der Waals surface area (Å²) in [4.78, 5) is 15.2. The van der Waals surface area contributed by atoms with Crippen molar-refractivity contribution in [3.63, 3.8) is 0 Å². The van der Waals surface area contributed by atoms with E-state index in [0.717, 1.165) is 56.9 Å². The molecule has 0 aromatic heterocycles. The Morgan fingerprint density at radius 1 is 1.04 bits per heavy atom. The second-order valence-electron chi connectivity index (χ2n) is 7.07. The molecule has 3 rings (SSSR count). The largest absolute Gasteiger partial charge is 0.489 e. The van der Waals surface area contributed by atoms with E-state index in [1.54, 1.807) is 12.1 Å². The van der Waals surface area contributed by atoms with Gasteiger partial charge in [-0.05, 0) is 55.8 Å². The first-order valence-corrected chi connectivity index (χ1v) is 9.47. The van der Waals surface area contributed by atoms with Gasteiger partial charge >= 0.3 is 0 Å². The topological polar surface area (TPSA) is 58.8 Å². The monoisotopic (exact) mass is 369 g/mol. The number of non-ortho nitro benzene ring substituents is 1. The number of likely N-dealkylation sites (N-methyl/N-ethyl adjacent to an activating group) is 1. The first-order chi connectivity index (χ1) is 13.1. The van der Waals surface area contributed by atoms with E-state index in [0.29, 0.717) is 6.61 Å². The number of nitrogens with zero attached hydrogens (tertiary/aromatic N) is 3. The van der Waals surface area contributed by atoms with Gasteiger partial charge in [-0.3, -0.25) is 10.1 Å². The first-order valence-electron chi connectivity index (χ1n) is 9.47. The van der Waals surface area contributed by atoms with Gasteiger partial charge in [0.25, 0.3) is 5.69 Å². The molecule has 1 aliphatic heterocycles. The molecule has 0 saturated carbocycles. The number of ether oxygens (including phenoxy) is 1. The minimum Gasteiger partial charge on any atom is -0.489 e. The van der Waals surface area contributed by atoms with Gasteiger partial charge in [0.15, 0.2) is 0 Å². The van der Waals surface area contributed by atoms with Crippen LogP contribution in [-0.2, 0) is 13.0 Å². The second-order valence-corrected chi connectivity index (χ2v) is 7.07. The van der Waals surface area contributed by atoms with E-state index in [9.17, 15) is 10.1 Å². The zero-order chi connectivity index (χ0) is 19.1. The average molecular weight is 369 g/mol. The Kier molecular flexibility index (Phi) is 6.79. The molecule has 0 spiro atoms. The van der Waals surface area contributed by atoms with Crippen molar-refractivity contribution in [3.05, 3.63) is 69.8 Å². The number of hydrogen-bond donors (Lipinski definition) is 0. The maximum Gasteiger partial charge on any atom is 0.269 e. The summed E-state index contributed by atoms with van der Waals surface area (Å²) in [6.07, 6.45) is 2.10. The van der Waals surface area contributed by atoms with Gasteiger partial charge in [-0.1, -0.05) is 18.2 Å². The Morgan fingerprint density at radius 3 is 2.44 bits per heavy atom. The number of nitro benzene ring substituents is 1. The Hall–Kier alpha value is -2.44. The third-order valence-corrected chi connectivity index (χ3v) is 5.03. The van der Waals surface area contributed by atoms with E-state index in [4.69, 9.17) is 4.74 Å². The van der Waals surface area contributed by atoms with Crippen LogP contribution in [0.5, 0.6) is 5.75 Å². The number of rotatable bonds is 8. The maximum atomic E-state index is 10.7. The molecule has 0 N–H and O–H groups in total. The van der Waals surface area contributed by atoms with Crippen LogP contribution in [0, 0.1) is 10.1 Å². The van der Waals surface area contributed by atoms with E-state index in [1.165, 1.54) is 17.7 Å². The molecule has 6 heteroatoms. The number of benzene rings is 2. The van der Waals surface area contributed by atoms with Crippen LogP contribution < -0.4 is 4.74 Å². The van der Waals surface area contributed by atoms with Crippen LogP contribution in [0.4, 0.5) is 5.69 Å². The lowest BCUT2D eigenvalue weighted by atomic mass is 10.1. The Morgan fingerprint density at radius 2 is 1.74 bits per heavy atom. The number of aryl methyl sites for hydroxylation is 1. The third-order valence-electron chi connectivity index (χ3n) is 5.03. The summed E-state index contributed by atoms with van der Waals surface area (Å²) in [6.45, 7) is 6.12. The fraction of sp³-hybridized carbons (Fsp3) is 0.429. The summed E-state index contributed by atoms with van der Waals surface area (Å²) in [5.74, 6) is 0.897. The van der Waals surface area contributed by atoms with Crippen LogP contribution in [-0.4, -0.2) is 54.5 Å². The summed E-state index contributed by atoms with van der Waals surface area (Å²) in [5.41, 5.74) is 2.24. The molecule has 0 unspecified atom stereocenters. The van der Waals surface area contributed by atoms with Crippen LogP contribution in [0.1, 0.15) is 17.5 Å². The minimum atomic E-state index is -0.389. The Labute approximate surface area is 160 Å². The summed E-state index contributed by atoms with van der Waals surface area (Å²) >= 11 is 0. The molecule has 1 fully saturated rings. The van der Waals surface area contributed by atoms with Gasteiger partial charge in [-0.25, -0.2) is 0 Å². The predicted molar refractivity (Wildman–Crippen MR) is 106 cm³/mol. The Balaban J connectivity index is 1.50. The van der Waals surface area contributed by atoms with Crippen LogP contribution in [0.2, 0.25) is 0 Å². The fourth-order valence-electron chi connectivity index (χ4n) is 3.29. The van der Waals surface area contributed by atoms with Gasteiger partial charge in [0.2, 0.25) is 0 Å². The van der Waals surface area contributed by atoms with Crippen molar-refractivity contribution < 1.29 is 9.66 Å². The number of piperazine rings is 1. The van der Waals surface area contributed by atoms with Crippen molar-refractivity contribution >= 4 is 5.69 Å². The van der Waals surface area contributed by atoms with E-state index < -0.39 is 0 Å². The SMILES string of the molecule is CN1CCN(CCCc2ccccc2OCc2ccc([N+](=O)[O-])cc2)CC1.